The molecule has 1 unspecified atom stereocenters. The highest BCUT2D eigenvalue weighted by atomic mass is 16.5. The van der Waals surface area contributed by atoms with Crippen molar-refractivity contribution in [2.45, 2.75) is 19.9 Å². The van der Waals surface area contributed by atoms with Crippen LogP contribution < -0.4 is 10.6 Å². The molecular formula is C12H21N3O5. The lowest BCUT2D eigenvalue weighted by Crippen LogP contribution is -2.57. The minimum atomic E-state index is -1.11. The molecule has 0 aromatic heterocycles. The SMILES string of the molecule is CNC(=O)C(C)(C)CNC(=O)N1CCOCC1C(=O)O. The second-order valence-electron chi connectivity index (χ2n) is 5.24. The number of urea groups is 1. The van der Waals surface area contributed by atoms with Crippen molar-refractivity contribution < 1.29 is 24.2 Å². The third-order valence-corrected chi connectivity index (χ3v) is 3.20. The summed E-state index contributed by atoms with van der Waals surface area (Å²) < 4.78 is 5.06. The van der Waals surface area contributed by atoms with Gasteiger partial charge < -0.3 is 25.4 Å². The molecule has 1 aliphatic heterocycles. The molecular weight excluding hydrogens is 266 g/mol. The van der Waals surface area contributed by atoms with E-state index in [1.54, 1.807) is 13.8 Å². The lowest BCUT2D eigenvalue weighted by Gasteiger charge is -2.33. The van der Waals surface area contributed by atoms with Crippen molar-refractivity contribution in [2.75, 3.05) is 33.4 Å². The van der Waals surface area contributed by atoms with Crippen LogP contribution in [0.3, 0.4) is 0 Å². The van der Waals surface area contributed by atoms with Crippen LogP contribution in [0.5, 0.6) is 0 Å². The highest BCUT2D eigenvalue weighted by molar-refractivity contribution is 5.85. The van der Waals surface area contributed by atoms with E-state index in [0.717, 1.165) is 0 Å². The Morgan fingerprint density at radius 3 is 2.60 bits per heavy atom. The number of nitrogens with one attached hydrogen (secondary N) is 2. The molecule has 114 valence electrons. The van der Waals surface area contributed by atoms with Crippen LogP contribution in [-0.4, -0.2) is 67.3 Å². The van der Waals surface area contributed by atoms with Crippen molar-refractivity contribution in [2.24, 2.45) is 5.41 Å². The molecule has 1 heterocycles. The maximum absolute atomic E-state index is 12.0. The predicted molar refractivity (Wildman–Crippen MR) is 70.2 cm³/mol. The Morgan fingerprint density at radius 2 is 2.05 bits per heavy atom. The summed E-state index contributed by atoms with van der Waals surface area (Å²) in [6.45, 7) is 4.00. The van der Waals surface area contributed by atoms with Crippen LogP contribution in [0, 0.1) is 5.41 Å². The first-order valence-electron chi connectivity index (χ1n) is 6.37. The molecule has 1 rings (SSSR count). The Hall–Kier alpha value is -1.83. The lowest BCUT2D eigenvalue weighted by molar-refractivity contribution is -0.147. The topological polar surface area (TPSA) is 108 Å². The van der Waals surface area contributed by atoms with Crippen molar-refractivity contribution in [3.63, 3.8) is 0 Å². The van der Waals surface area contributed by atoms with Crippen molar-refractivity contribution >= 4 is 17.9 Å². The number of amides is 3. The molecule has 8 heteroatoms. The van der Waals surface area contributed by atoms with E-state index in [4.69, 9.17) is 9.84 Å². The number of aliphatic carboxylic acids is 1. The smallest absolute Gasteiger partial charge is 0.328 e. The third kappa shape index (κ3) is 3.83. The number of morpholine rings is 1. The molecule has 3 N–H and O–H groups in total. The highest BCUT2D eigenvalue weighted by Crippen LogP contribution is 2.14. The van der Waals surface area contributed by atoms with Gasteiger partial charge in [-0.1, -0.05) is 0 Å². The van der Waals surface area contributed by atoms with Gasteiger partial charge in [0.25, 0.3) is 0 Å². The number of hydrogen-bond acceptors (Lipinski definition) is 4. The predicted octanol–water partition coefficient (Wildman–Crippen LogP) is -0.746. The molecule has 1 saturated heterocycles. The summed E-state index contributed by atoms with van der Waals surface area (Å²) >= 11 is 0. The summed E-state index contributed by atoms with van der Waals surface area (Å²) in [5.74, 6) is -1.31. The molecule has 0 aromatic rings. The second kappa shape index (κ2) is 6.56. The van der Waals surface area contributed by atoms with E-state index in [1.165, 1.54) is 11.9 Å². The van der Waals surface area contributed by atoms with Crippen LogP contribution in [0.1, 0.15) is 13.8 Å². The van der Waals surface area contributed by atoms with E-state index in [0.29, 0.717) is 6.61 Å². The van der Waals surface area contributed by atoms with Crippen LogP contribution >= 0.6 is 0 Å². The molecule has 0 bridgehead atoms. The quantitative estimate of drug-likeness (QED) is 0.631. The molecule has 0 spiro atoms. The van der Waals surface area contributed by atoms with Gasteiger partial charge in [0.15, 0.2) is 6.04 Å². The summed E-state index contributed by atoms with van der Waals surface area (Å²) in [6, 6.07) is -1.50. The molecule has 1 aliphatic rings. The zero-order valence-corrected chi connectivity index (χ0v) is 11.9. The first kappa shape index (κ1) is 16.2. The van der Waals surface area contributed by atoms with E-state index in [1.807, 2.05) is 0 Å². The van der Waals surface area contributed by atoms with Gasteiger partial charge in [0.1, 0.15) is 0 Å². The molecule has 1 fully saturated rings. The number of nitrogens with zero attached hydrogens (tertiary/aromatic N) is 1. The molecule has 3 amide bonds. The molecule has 0 radical (unpaired) electrons. The highest BCUT2D eigenvalue weighted by Gasteiger charge is 2.34. The Kier molecular flexibility index (Phi) is 5.32. The van der Waals surface area contributed by atoms with Crippen LogP contribution in [0.15, 0.2) is 0 Å². The van der Waals surface area contributed by atoms with Crippen molar-refractivity contribution in [3.05, 3.63) is 0 Å². The molecule has 8 nitrogen and oxygen atoms in total. The minimum Gasteiger partial charge on any atom is -0.480 e. The molecule has 0 aliphatic carbocycles. The Balaban J connectivity index is 2.61. The van der Waals surface area contributed by atoms with Gasteiger partial charge in [-0.05, 0) is 13.8 Å². The molecule has 0 aromatic carbocycles. The van der Waals surface area contributed by atoms with E-state index in [2.05, 4.69) is 10.6 Å². The van der Waals surface area contributed by atoms with Gasteiger partial charge in [-0.25, -0.2) is 9.59 Å². The number of carbonyl (C=O) groups excluding carboxylic acids is 2. The van der Waals surface area contributed by atoms with Gasteiger partial charge in [-0.15, -0.1) is 0 Å². The summed E-state index contributed by atoms with van der Waals surface area (Å²) in [4.78, 5) is 35.9. The minimum absolute atomic E-state index is 0.0262. The monoisotopic (exact) mass is 287 g/mol. The van der Waals surface area contributed by atoms with Crippen molar-refractivity contribution in [1.29, 1.82) is 0 Å². The van der Waals surface area contributed by atoms with Crippen LogP contribution in [0.4, 0.5) is 4.79 Å². The van der Waals surface area contributed by atoms with Crippen molar-refractivity contribution in [1.82, 2.24) is 15.5 Å². The Bertz CT molecular complexity index is 397. The zero-order chi connectivity index (χ0) is 15.3. The fourth-order valence-electron chi connectivity index (χ4n) is 1.87. The number of rotatable bonds is 4. The lowest BCUT2D eigenvalue weighted by atomic mass is 9.92. The first-order valence-corrected chi connectivity index (χ1v) is 6.37. The fourth-order valence-corrected chi connectivity index (χ4v) is 1.87. The Labute approximate surface area is 117 Å². The number of hydrogen-bond donors (Lipinski definition) is 3. The normalized spacial score (nSPS) is 19.4. The summed E-state index contributed by atoms with van der Waals surface area (Å²) in [5.41, 5.74) is -0.768. The summed E-state index contributed by atoms with van der Waals surface area (Å²) in [6.07, 6.45) is 0. The zero-order valence-electron chi connectivity index (χ0n) is 11.9. The van der Waals surface area contributed by atoms with Gasteiger partial charge in [0.2, 0.25) is 5.91 Å². The van der Waals surface area contributed by atoms with E-state index >= 15 is 0 Å². The van der Waals surface area contributed by atoms with Crippen LogP contribution in [0.2, 0.25) is 0 Å². The van der Waals surface area contributed by atoms with E-state index in [9.17, 15) is 14.4 Å². The van der Waals surface area contributed by atoms with Crippen LogP contribution in [0.25, 0.3) is 0 Å². The number of carbonyl (C=O) groups is 3. The largest absolute Gasteiger partial charge is 0.480 e. The number of ether oxygens (including phenoxy) is 1. The summed E-state index contributed by atoms with van der Waals surface area (Å²) in [5, 5.41) is 14.2. The van der Waals surface area contributed by atoms with E-state index < -0.39 is 23.5 Å². The van der Waals surface area contributed by atoms with Crippen molar-refractivity contribution in [3.8, 4) is 0 Å². The number of carboxylic acids is 1. The fraction of sp³-hybridized carbons (Fsp3) is 0.750. The van der Waals surface area contributed by atoms with Gasteiger partial charge in [-0.2, -0.15) is 0 Å². The second-order valence-corrected chi connectivity index (χ2v) is 5.24. The van der Waals surface area contributed by atoms with Crippen LogP contribution in [-0.2, 0) is 14.3 Å². The average Bonchev–Trinajstić information content (AvgIpc) is 2.43. The average molecular weight is 287 g/mol. The van der Waals surface area contributed by atoms with Gasteiger partial charge in [-0.3, -0.25) is 4.79 Å². The maximum Gasteiger partial charge on any atom is 0.328 e. The molecule has 0 saturated carbocycles. The van der Waals surface area contributed by atoms with Gasteiger partial charge in [0.05, 0.1) is 18.6 Å². The number of carboxylic acid groups (broad SMARTS) is 1. The first-order chi connectivity index (χ1) is 9.29. The molecule has 20 heavy (non-hydrogen) atoms. The van der Waals surface area contributed by atoms with Gasteiger partial charge >= 0.3 is 12.0 Å². The van der Waals surface area contributed by atoms with E-state index in [-0.39, 0.29) is 25.6 Å². The molecule has 1 atom stereocenters. The standard InChI is InChI=1S/C12H21N3O5/c1-12(2,10(18)13-3)7-14-11(19)15-4-5-20-6-8(15)9(16)17/h8H,4-7H2,1-3H3,(H,13,18)(H,14,19)(H,16,17). The summed E-state index contributed by atoms with van der Waals surface area (Å²) in [7, 11) is 1.52. The third-order valence-electron chi connectivity index (χ3n) is 3.20. The van der Waals surface area contributed by atoms with Gasteiger partial charge in [0, 0.05) is 20.1 Å². The Morgan fingerprint density at radius 1 is 1.40 bits per heavy atom. The maximum atomic E-state index is 12.0.